The standard InChI is InChI=1S/C21H20BrN5O3S/c1-30-17-4-2-3-16(11-17)27-18(9-15-10-19(28)24-20(29)23-15)25-26-21(27)31-12-13-5-7-14(22)8-6-13/h2-8,11,15H,9-10,12H2,1H3,(H2,23,24,28,29). The summed E-state index contributed by atoms with van der Waals surface area (Å²) in [5.41, 5.74) is 2.01. The van der Waals surface area contributed by atoms with Crippen LogP contribution in [0, 0.1) is 0 Å². The molecule has 1 atom stereocenters. The van der Waals surface area contributed by atoms with Crippen LogP contribution in [-0.4, -0.2) is 39.9 Å². The van der Waals surface area contributed by atoms with Gasteiger partial charge in [-0.2, -0.15) is 0 Å². The molecular formula is C21H20BrN5O3S. The number of nitrogens with one attached hydrogen (secondary N) is 2. The molecule has 31 heavy (non-hydrogen) atoms. The van der Waals surface area contributed by atoms with Crippen LogP contribution >= 0.6 is 27.7 Å². The zero-order valence-corrected chi connectivity index (χ0v) is 19.1. The number of nitrogens with zero attached hydrogens (tertiary/aromatic N) is 3. The third kappa shape index (κ3) is 5.26. The van der Waals surface area contributed by atoms with Gasteiger partial charge in [0.15, 0.2) is 5.16 Å². The monoisotopic (exact) mass is 501 g/mol. The van der Waals surface area contributed by atoms with Crippen molar-refractivity contribution in [3.05, 3.63) is 64.4 Å². The Hall–Kier alpha value is -2.85. The molecule has 0 saturated carbocycles. The zero-order chi connectivity index (χ0) is 21.8. The van der Waals surface area contributed by atoms with Gasteiger partial charge in [0.25, 0.3) is 0 Å². The molecule has 2 N–H and O–H groups in total. The van der Waals surface area contributed by atoms with Gasteiger partial charge in [-0.05, 0) is 29.8 Å². The molecule has 1 aliphatic rings. The van der Waals surface area contributed by atoms with Gasteiger partial charge in [0.05, 0.1) is 12.8 Å². The lowest BCUT2D eigenvalue weighted by Gasteiger charge is -2.23. The van der Waals surface area contributed by atoms with Crippen molar-refractivity contribution in [1.29, 1.82) is 0 Å². The molecule has 0 spiro atoms. The lowest BCUT2D eigenvalue weighted by molar-refractivity contribution is -0.121. The van der Waals surface area contributed by atoms with E-state index in [4.69, 9.17) is 4.74 Å². The van der Waals surface area contributed by atoms with Gasteiger partial charge in [-0.15, -0.1) is 10.2 Å². The summed E-state index contributed by atoms with van der Waals surface area (Å²) in [6.07, 6.45) is 0.570. The number of benzene rings is 2. The number of aromatic nitrogens is 3. The Labute approximate surface area is 191 Å². The number of ether oxygens (including phenoxy) is 1. The molecule has 8 nitrogen and oxygen atoms in total. The van der Waals surface area contributed by atoms with Crippen molar-refractivity contribution < 1.29 is 14.3 Å². The molecule has 10 heteroatoms. The Balaban J connectivity index is 1.63. The van der Waals surface area contributed by atoms with E-state index < -0.39 is 6.03 Å². The van der Waals surface area contributed by atoms with Gasteiger partial charge >= 0.3 is 6.03 Å². The second-order valence-corrected chi connectivity index (χ2v) is 8.84. The molecule has 2 aromatic carbocycles. The van der Waals surface area contributed by atoms with E-state index in [2.05, 4.69) is 48.9 Å². The summed E-state index contributed by atoms with van der Waals surface area (Å²) < 4.78 is 8.35. The Kier molecular flexibility index (Phi) is 6.57. The molecular weight excluding hydrogens is 482 g/mol. The highest BCUT2D eigenvalue weighted by Crippen LogP contribution is 2.28. The quantitative estimate of drug-likeness (QED) is 0.481. The third-order valence-electron chi connectivity index (χ3n) is 4.74. The molecule has 0 bridgehead atoms. The maximum absolute atomic E-state index is 11.8. The zero-order valence-electron chi connectivity index (χ0n) is 16.7. The van der Waals surface area contributed by atoms with Crippen LogP contribution in [0.2, 0.25) is 0 Å². The Morgan fingerprint density at radius 2 is 2.00 bits per heavy atom. The van der Waals surface area contributed by atoms with Gasteiger partial charge in [0.1, 0.15) is 11.6 Å². The van der Waals surface area contributed by atoms with Crippen molar-refractivity contribution in [3.8, 4) is 11.4 Å². The first kappa shape index (κ1) is 21.4. The first-order chi connectivity index (χ1) is 15.0. The minimum Gasteiger partial charge on any atom is -0.497 e. The predicted molar refractivity (Wildman–Crippen MR) is 120 cm³/mol. The van der Waals surface area contributed by atoms with Crippen LogP contribution in [0.25, 0.3) is 5.69 Å². The topological polar surface area (TPSA) is 98.1 Å². The van der Waals surface area contributed by atoms with Crippen LogP contribution < -0.4 is 15.4 Å². The van der Waals surface area contributed by atoms with Crippen LogP contribution in [-0.2, 0) is 17.0 Å². The molecule has 1 unspecified atom stereocenters. The van der Waals surface area contributed by atoms with E-state index in [-0.39, 0.29) is 18.4 Å². The number of halogens is 1. The number of urea groups is 1. The van der Waals surface area contributed by atoms with Gasteiger partial charge in [0, 0.05) is 35.2 Å². The predicted octanol–water partition coefficient (Wildman–Crippen LogP) is 3.47. The van der Waals surface area contributed by atoms with Crippen molar-refractivity contribution in [2.24, 2.45) is 0 Å². The van der Waals surface area contributed by atoms with E-state index >= 15 is 0 Å². The largest absolute Gasteiger partial charge is 0.497 e. The number of thioether (sulfide) groups is 1. The summed E-state index contributed by atoms with van der Waals surface area (Å²) in [4.78, 5) is 23.5. The summed E-state index contributed by atoms with van der Waals surface area (Å²) in [6, 6.07) is 14.9. The van der Waals surface area contributed by atoms with Crippen molar-refractivity contribution >= 4 is 39.6 Å². The molecule has 3 amide bonds. The molecule has 1 fully saturated rings. The number of carbonyl (C=O) groups is 2. The number of methoxy groups -OCH3 is 1. The summed E-state index contributed by atoms with van der Waals surface area (Å²) >= 11 is 5.02. The smallest absolute Gasteiger partial charge is 0.321 e. The van der Waals surface area contributed by atoms with Gasteiger partial charge in [-0.25, -0.2) is 4.79 Å². The van der Waals surface area contributed by atoms with Gasteiger partial charge in [-0.1, -0.05) is 45.9 Å². The summed E-state index contributed by atoms with van der Waals surface area (Å²) in [6.45, 7) is 0. The molecule has 160 valence electrons. The minimum atomic E-state index is -0.487. The van der Waals surface area contributed by atoms with Crippen LogP contribution in [0.15, 0.2) is 58.2 Å². The fraction of sp³-hybridized carbons (Fsp3) is 0.238. The summed E-state index contributed by atoms with van der Waals surface area (Å²) in [5.74, 6) is 1.79. The molecule has 1 aliphatic heterocycles. The van der Waals surface area contributed by atoms with E-state index in [9.17, 15) is 9.59 Å². The number of rotatable bonds is 7. The maximum Gasteiger partial charge on any atom is 0.321 e. The molecule has 1 saturated heterocycles. The van der Waals surface area contributed by atoms with E-state index in [1.807, 2.05) is 41.0 Å². The number of hydrogen-bond donors (Lipinski definition) is 2. The van der Waals surface area contributed by atoms with Gasteiger partial charge in [0.2, 0.25) is 5.91 Å². The van der Waals surface area contributed by atoms with Crippen molar-refractivity contribution in [2.75, 3.05) is 7.11 Å². The first-order valence-corrected chi connectivity index (χ1v) is 11.4. The maximum atomic E-state index is 11.8. The van der Waals surface area contributed by atoms with E-state index in [0.717, 1.165) is 26.6 Å². The lowest BCUT2D eigenvalue weighted by atomic mass is 10.1. The summed E-state index contributed by atoms with van der Waals surface area (Å²) in [5, 5.41) is 14.5. The fourth-order valence-electron chi connectivity index (χ4n) is 3.28. The number of amides is 3. The van der Waals surface area contributed by atoms with Crippen LogP contribution in [0.3, 0.4) is 0 Å². The summed E-state index contributed by atoms with van der Waals surface area (Å²) in [7, 11) is 1.62. The highest BCUT2D eigenvalue weighted by atomic mass is 79.9. The van der Waals surface area contributed by atoms with Gasteiger partial charge < -0.3 is 10.1 Å². The highest BCUT2D eigenvalue weighted by Gasteiger charge is 2.26. The molecule has 2 heterocycles. The molecule has 0 radical (unpaired) electrons. The average molecular weight is 502 g/mol. The van der Waals surface area contributed by atoms with Crippen molar-refractivity contribution in [2.45, 2.75) is 29.8 Å². The van der Waals surface area contributed by atoms with Gasteiger partial charge in [-0.3, -0.25) is 14.7 Å². The van der Waals surface area contributed by atoms with E-state index in [0.29, 0.717) is 18.0 Å². The SMILES string of the molecule is COc1cccc(-n2c(CC3CC(=O)NC(=O)N3)nnc2SCc2ccc(Br)cc2)c1. The minimum absolute atomic E-state index is 0.193. The Bertz CT molecular complexity index is 1090. The van der Waals surface area contributed by atoms with E-state index in [1.54, 1.807) is 18.9 Å². The third-order valence-corrected chi connectivity index (χ3v) is 6.27. The normalized spacial score (nSPS) is 16.0. The molecule has 4 rings (SSSR count). The number of hydrogen-bond acceptors (Lipinski definition) is 6. The second-order valence-electron chi connectivity index (χ2n) is 6.98. The average Bonchev–Trinajstić information content (AvgIpc) is 3.15. The number of imide groups is 1. The van der Waals surface area contributed by atoms with E-state index in [1.165, 1.54) is 0 Å². The Morgan fingerprint density at radius 1 is 1.19 bits per heavy atom. The molecule has 3 aromatic rings. The van der Waals surface area contributed by atoms with Crippen molar-refractivity contribution in [1.82, 2.24) is 25.4 Å². The van der Waals surface area contributed by atoms with Crippen molar-refractivity contribution in [3.63, 3.8) is 0 Å². The van der Waals surface area contributed by atoms with Crippen LogP contribution in [0.1, 0.15) is 17.8 Å². The second kappa shape index (κ2) is 9.52. The highest BCUT2D eigenvalue weighted by molar-refractivity contribution is 9.10. The molecule has 1 aromatic heterocycles. The molecule has 0 aliphatic carbocycles. The van der Waals surface area contributed by atoms with Crippen LogP contribution in [0.4, 0.5) is 4.79 Å². The van der Waals surface area contributed by atoms with Crippen LogP contribution in [0.5, 0.6) is 5.75 Å². The lowest BCUT2D eigenvalue weighted by Crippen LogP contribution is -2.53. The Morgan fingerprint density at radius 3 is 2.74 bits per heavy atom. The fourth-order valence-corrected chi connectivity index (χ4v) is 4.47. The number of carbonyl (C=O) groups excluding carboxylic acids is 2. The first-order valence-electron chi connectivity index (χ1n) is 9.58.